The van der Waals surface area contributed by atoms with Crippen molar-refractivity contribution in [2.24, 2.45) is 17.6 Å². The molecule has 1 heterocycles. The van der Waals surface area contributed by atoms with E-state index in [2.05, 4.69) is 35.2 Å². The highest BCUT2D eigenvalue weighted by atomic mass is 16.1. The van der Waals surface area contributed by atoms with Crippen LogP contribution in [-0.2, 0) is 11.2 Å². The SMILES string of the molecule is NC(=O)C(C1CCCCC1)C(CCc1ccccc1)N1CCCCC1. The lowest BCUT2D eigenvalue weighted by Crippen LogP contribution is -2.50. The van der Waals surface area contributed by atoms with Crippen molar-refractivity contribution in [2.45, 2.75) is 70.3 Å². The number of hydrogen-bond donors (Lipinski definition) is 1. The molecular weight excluding hydrogens is 308 g/mol. The molecule has 25 heavy (non-hydrogen) atoms. The minimum Gasteiger partial charge on any atom is -0.369 e. The van der Waals surface area contributed by atoms with Crippen LogP contribution in [0.25, 0.3) is 0 Å². The lowest BCUT2D eigenvalue weighted by Gasteiger charge is -2.42. The van der Waals surface area contributed by atoms with Crippen LogP contribution in [0.3, 0.4) is 0 Å². The quantitative estimate of drug-likeness (QED) is 0.809. The van der Waals surface area contributed by atoms with Crippen LogP contribution in [0.15, 0.2) is 30.3 Å². The number of primary amides is 1. The van der Waals surface area contributed by atoms with Gasteiger partial charge in [0.05, 0.1) is 5.92 Å². The Balaban J connectivity index is 1.75. The Labute approximate surface area is 153 Å². The van der Waals surface area contributed by atoms with Crippen LogP contribution in [0.2, 0.25) is 0 Å². The molecule has 0 radical (unpaired) electrons. The maximum absolute atomic E-state index is 12.5. The fourth-order valence-electron chi connectivity index (χ4n) is 5.03. The summed E-state index contributed by atoms with van der Waals surface area (Å²) in [7, 11) is 0. The molecule has 138 valence electrons. The van der Waals surface area contributed by atoms with E-state index < -0.39 is 0 Å². The number of benzene rings is 1. The minimum atomic E-state index is -0.0597. The van der Waals surface area contributed by atoms with Crippen LogP contribution in [0.5, 0.6) is 0 Å². The first-order chi connectivity index (χ1) is 12.3. The van der Waals surface area contributed by atoms with Crippen molar-refractivity contribution < 1.29 is 4.79 Å². The topological polar surface area (TPSA) is 46.3 Å². The highest BCUT2D eigenvalue weighted by Gasteiger charge is 2.37. The molecule has 3 nitrogen and oxygen atoms in total. The molecule has 1 amide bonds. The summed E-state index contributed by atoms with van der Waals surface area (Å²) in [5.74, 6) is 0.464. The van der Waals surface area contributed by atoms with Gasteiger partial charge in [0.1, 0.15) is 0 Å². The highest BCUT2D eigenvalue weighted by molar-refractivity contribution is 5.77. The molecular formula is C22H34N2O. The number of nitrogens with two attached hydrogens (primary N) is 1. The smallest absolute Gasteiger partial charge is 0.222 e. The Bertz CT molecular complexity index is 518. The summed E-state index contributed by atoms with van der Waals surface area (Å²) in [6.07, 6.45) is 12.2. The van der Waals surface area contributed by atoms with E-state index in [1.54, 1.807) is 0 Å². The zero-order valence-corrected chi connectivity index (χ0v) is 15.5. The van der Waals surface area contributed by atoms with Gasteiger partial charge in [0.15, 0.2) is 0 Å². The molecule has 1 aliphatic heterocycles. The molecule has 2 unspecified atom stereocenters. The van der Waals surface area contributed by atoms with E-state index in [0.717, 1.165) is 25.9 Å². The van der Waals surface area contributed by atoms with E-state index in [0.29, 0.717) is 12.0 Å². The average Bonchev–Trinajstić information content (AvgIpc) is 2.67. The van der Waals surface area contributed by atoms with Gasteiger partial charge in [0.2, 0.25) is 5.91 Å². The third-order valence-corrected chi connectivity index (χ3v) is 6.33. The van der Waals surface area contributed by atoms with Gasteiger partial charge in [-0.1, -0.05) is 56.0 Å². The molecule has 1 saturated heterocycles. The third kappa shape index (κ3) is 5.07. The van der Waals surface area contributed by atoms with Crippen molar-refractivity contribution in [3.8, 4) is 0 Å². The molecule has 1 aromatic rings. The van der Waals surface area contributed by atoms with Crippen LogP contribution in [0.1, 0.15) is 63.4 Å². The highest BCUT2D eigenvalue weighted by Crippen LogP contribution is 2.35. The fraction of sp³-hybridized carbons (Fsp3) is 0.682. The number of carbonyl (C=O) groups excluding carboxylic acids is 1. The molecule has 0 spiro atoms. The predicted molar refractivity (Wildman–Crippen MR) is 103 cm³/mol. The Morgan fingerprint density at radius 3 is 2.28 bits per heavy atom. The van der Waals surface area contributed by atoms with Crippen molar-refractivity contribution in [1.82, 2.24) is 4.90 Å². The van der Waals surface area contributed by atoms with E-state index in [9.17, 15) is 4.79 Å². The van der Waals surface area contributed by atoms with E-state index in [1.807, 2.05) is 0 Å². The third-order valence-electron chi connectivity index (χ3n) is 6.33. The number of aryl methyl sites for hydroxylation is 1. The van der Waals surface area contributed by atoms with Crippen LogP contribution in [-0.4, -0.2) is 29.9 Å². The first kappa shape index (κ1) is 18.4. The van der Waals surface area contributed by atoms with Crippen molar-refractivity contribution in [1.29, 1.82) is 0 Å². The number of amides is 1. The summed E-state index contributed by atoms with van der Waals surface area (Å²) < 4.78 is 0. The van der Waals surface area contributed by atoms with Gasteiger partial charge in [-0.25, -0.2) is 0 Å². The molecule has 2 fully saturated rings. The van der Waals surface area contributed by atoms with Gasteiger partial charge in [-0.05, 0) is 63.1 Å². The molecule has 2 aliphatic rings. The van der Waals surface area contributed by atoms with Crippen LogP contribution >= 0.6 is 0 Å². The summed E-state index contributed by atoms with van der Waals surface area (Å²) in [6.45, 7) is 2.27. The second-order valence-electron chi connectivity index (χ2n) is 8.01. The van der Waals surface area contributed by atoms with Gasteiger partial charge in [0, 0.05) is 6.04 Å². The molecule has 3 rings (SSSR count). The van der Waals surface area contributed by atoms with Gasteiger partial charge in [-0.3, -0.25) is 9.69 Å². The number of hydrogen-bond acceptors (Lipinski definition) is 2. The van der Waals surface area contributed by atoms with Crippen molar-refractivity contribution >= 4 is 5.91 Å². The summed E-state index contributed by atoms with van der Waals surface area (Å²) in [4.78, 5) is 15.1. The van der Waals surface area contributed by atoms with Gasteiger partial charge in [-0.15, -0.1) is 0 Å². The molecule has 1 aromatic carbocycles. The monoisotopic (exact) mass is 342 g/mol. The number of nitrogens with zero attached hydrogens (tertiary/aromatic N) is 1. The Hall–Kier alpha value is -1.35. The largest absolute Gasteiger partial charge is 0.369 e. The predicted octanol–water partition coefficient (Wildman–Crippen LogP) is 4.16. The van der Waals surface area contributed by atoms with Crippen molar-refractivity contribution in [3.05, 3.63) is 35.9 Å². The second kappa shape index (κ2) is 9.38. The molecule has 2 N–H and O–H groups in total. The van der Waals surface area contributed by atoms with E-state index in [4.69, 9.17) is 5.73 Å². The van der Waals surface area contributed by atoms with E-state index >= 15 is 0 Å². The van der Waals surface area contributed by atoms with E-state index in [1.165, 1.54) is 56.9 Å². The fourth-order valence-corrected chi connectivity index (χ4v) is 5.03. The maximum atomic E-state index is 12.5. The first-order valence-electron chi connectivity index (χ1n) is 10.3. The zero-order chi connectivity index (χ0) is 17.5. The summed E-state index contributed by atoms with van der Waals surface area (Å²) in [5.41, 5.74) is 7.35. The number of likely N-dealkylation sites (tertiary alicyclic amines) is 1. The number of piperidine rings is 1. The summed E-state index contributed by atoms with van der Waals surface area (Å²) >= 11 is 0. The number of rotatable bonds is 7. The Morgan fingerprint density at radius 1 is 1.00 bits per heavy atom. The second-order valence-corrected chi connectivity index (χ2v) is 8.01. The van der Waals surface area contributed by atoms with E-state index in [-0.39, 0.29) is 11.8 Å². The Morgan fingerprint density at radius 2 is 1.64 bits per heavy atom. The molecule has 0 aromatic heterocycles. The van der Waals surface area contributed by atoms with Gasteiger partial charge < -0.3 is 5.73 Å². The van der Waals surface area contributed by atoms with Crippen LogP contribution in [0, 0.1) is 11.8 Å². The van der Waals surface area contributed by atoms with Crippen LogP contribution in [0.4, 0.5) is 0 Å². The minimum absolute atomic E-state index is 0.0297. The van der Waals surface area contributed by atoms with Gasteiger partial charge in [0.25, 0.3) is 0 Å². The van der Waals surface area contributed by atoms with Gasteiger partial charge >= 0.3 is 0 Å². The van der Waals surface area contributed by atoms with Gasteiger partial charge in [-0.2, -0.15) is 0 Å². The Kier molecular flexibility index (Phi) is 6.92. The summed E-state index contributed by atoms with van der Waals surface area (Å²) in [5, 5.41) is 0. The molecule has 0 bridgehead atoms. The summed E-state index contributed by atoms with van der Waals surface area (Å²) in [6, 6.07) is 11.0. The molecule has 1 aliphatic carbocycles. The molecule has 3 heteroatoms. The average molecular weight is 343 g/mol. The normalized spacial score (nSPS) is 22.4. The number of carbonyl (C=O) groups is 1. The first-order valence-corrected chi connectivity index (χ1v) is 10.3. The molecule has 2 atom stereocenters. The lowest BCUT2D eigenvalue weighted by molar-refractivity contribution is -0.127. The lowest BCUT2D eigenvalue weighted by atomic mass is 9.74. The van der Waals surface area contributed by atoms with Crippen LogP contribution < -0.4 is 5.73 Å². The van der Waals surface area contributed by atoms with Crippen molar-refractivity contribution in [3.63, 3.8) is 0 Å². The standard InChI is InChI=1S/C22H34N2O/c23-22(25)21(19-12-6-2-7-13-19)20(24-16-8-3-9-17-24)15-14-18-10-4-1-5-11-18/h1,4-5,10-11,19-21H,2-3,6-9,12-17H2,(H2,23,25). The molecule has 1 saturated carbocycles. The van der Waals surface area contributed by atoms with Crippen molar-refractivity contribution in [2.75, 3.05) is 13.1 Å². The maximum Gasteiger partial charge on any atom is 0.222 e. The zero-order valence-electron chi connectivity index (χ0n) is 15.5.